The van der Waals surface area contributed by atoms with E-state index < -0.39 is 6.29 Å². The van der Waals surface area contributed by atoms with Crippen molar-refractivity contribution >= 4 is 50.6 Å². The molecule has 1 unspecified atom stereocenters. The lowest BCUT2D eigenvalue weighted by Gasteiger charge is -2.15. The molecule has 1 heterocycles. The smallest absolute Gasteiger partial charge is 0.183 e. The second-order valence-electron chi connectivity index (χ2n) is 6.55. The summed E-state index contributed by atoms with van der Waals surface area (Å²) < 4.78 is 6.65. The van der Waals surface area contributed by atoms with Crippen molar-refractivity contribution < 1.29 is 9.84 Å². The predicted octanol–water partition coefficient (Wildman–Crippen LogP) is 5.32. The standard InChI is InChI=1S/C21H22BrClN2O2/c1-25(2)11-12-27-21(26)20-17-9-6-15(22)13-19(17)24-18(20)10-5-14-3-7-16(23)8-4-14/h3-10,13,21,24,26H,11-12H2,1-2H3/b10-5+. The number of H-pyrrole nitrogens is 1. The highest BCUT2D eigenvalue weighted by molar-refractivity contribution is 9.10. The lowest BCUT2D eigenvalue weighted by molar-refractivity contribution is -0.104. The van der Waals surface area contributed by atoms with Crippen molar-refractivity contribution in [2.24, 2.45) is 0 Å². The number of hydrogen-bond acceptors (Lipinski definition) is 3. The lowest BCUT2D eigenvalue weighted by Crippen LogP contribution is -2.19. The molecular formula is C21H22BrClN2O2. The summed E-state index contributed by atoms with van der Waals surface area (Å²) in [6.45, 7) is 1.18. The number of ether oxygens (including phenoxy) is 1. The second kappa shape index (κ2) is 9.04. The fourth-order valence-corrected chi connectivity index (χ4v) is 3.28. The van der Waals surface area contributed by atoms with Crippen molar-refractivity contribution in [3.63, 3.8) is 0 Å². The summed E-state index contributed by atoms with van der Waals surface area (Å²) in [4.78, 5) is 5.39. The molecule has 2 aromatic carbocycles. The molecule has 1 atom stereocenters. The first-order valence-electron chi connectivity index (χ1n) is 8.63. The van der Waals surface area contributed by atoms with Crippen LogP contribution in [0.3, 0.4) is 0 Å². The van der Waals surface area contributed by atoms with Crippen LogP contribution in [0, 0.1) is 0 Å². The zero-order valence-corrected chi connectivity index (χ0v) is 17.6. The van der Waals surface area contributed by atoms with E-state index in [0.717, 1.165) is 38.7 Å². The average molecular weight is 450 g/mol. The van der Waals surface area contributed by atoms with Crippen molar-refractivity contribution in [2.75, 3.05) is 27.2 Å². The molecule has 0 fully saturated rings. The Kier molecular flexibility index (Phi) is 6.73. The number of halogens is 2. The molecule has 142 valence electrons. The van der Waals surface area contributed by atoms with Crippen molar-refractivity contribution in [2.45, 2.75) is 6.29 Å². The largest absolute Gasteiger partial charge is 0.364 e. The van der Waals surface area contributed by atoms with Crippen LogP contribution in [0.25, 0.3) is 23.1 Å². The quantitative estimate of drug-likeness (QED) is 0.480. The molecule has 4 nitrogen and oxygen atoms in total. The molecule has 0 spiro atoms. The van der Waals surface area contributed by atoms with Gasteiger partial charge in [-0.2, -0.15) is 0 Å². The van der Waals surface area contributed by atoms with Gasteiger partial charge in [0.2, 0.25) is 0 Å². The summed E-state index contributed by atoms with van der Waals surface area (Å²) in [5, 5.41) is 12.3. The molecule has 0 amide bonds. The second-order valence-corrected chi connectivity index (χ2v) is 7.91. The number of aromatic nitrogens is 1. The molecule has 0 aliphatic heterocycles. The van der Waals surface area contributed by atoms with Crippen LogP contribution in [0.1, 0.15) is 23.1 Å². The number of benzene rings is 2. The van der Waals surface area contributed by atoms with Crippen LogP contribution < -0.4 is 0 Å². The fraction of sp³-hybridized carbons (Fsp3) is 0.238. The van der Waals surface area contributed by atoms with E-state index in [9.17, 15) is 5.11 Å². The normalized spacial score (nSPS) is 13.1. The van der Waals surface area contributed by atoms with E-state index in [-0.39, 0.29) is 0 Å². The van der Waals surface area contributed by atoms with Crippen LogP contribution in [0.2, 0.25) is 5.02 Å². The number of hydrogen-bond donors (Lipinski definition) is 2. The zero-order valence-electron chi connectivity index (χ0n) is 15.2. The summed E-state index contributed by atoms with van der Waals surface area (Å²) in [6, 6.07) is 13.5. The Labute approximate surface area is 172 Å². The van der Waals surface area contributed by atoms with Crippen molar-refractivity contribution in [1.29, 1.82) is 0 Å². The van der Waals surface area contributed by atoms with Gasteiger partial charge in [-0.25, -0.2) is 0 Å². The summed E-state index contributed by atoms with van der Waals surface area (Å²) in [6.07, 6.45) is 2.92. The molecule has 0 aliphatic rings. The molecule has 0 saturated carbocycles. The van der Waals surface area contributed by atoms with Gasteiger partial charge in [0.15, 0.2) is 6.29 Å². The van der Waals surface area contributed by atoms with Gasteiger partial charge in [0, 0.05) is 38.2 Å². The molecule has 3 rings (SSSR count). The van der Waals surface area contributed by atoms with Crippen LogP contribution in [0.4, 0.5) is 0 Å². The van der Waals surface area contributed by atoms with Gasteiger partial charge >= 0.3 is 0 Å². The Bertz CT molecular complexity index is 935. The minimum atomic E-state index is -1.01. The number of aliphatic hydroxyl groups is 1. The number of rotatable bonds is 7. The SMILES string of the molecule is CN(C)CCOC(O)c1c(/C=C/c2ccc(Cl)cc2)[nH]c2cc(Br)ccc12. The maximum Gasteiger partial charge on any atom is 0.183 e. The highest BCUT2D eigenvalue weighted by atomic mass is 79.9. The van der Waals surface area contributed by atoms with Gasteiger partial charge in [-0.1, -0.05) is 51.8 Å². The minimum Gasteiger partial charge on any atom is -0.364 e. The van der Waals surface area contributed by atoms with E-state index in [1.165, 1.54) is 0 Å². The minimum absolute atomic E-state index is 0.442. The van der Waals surface area contributed by atoms with E-state index in [4.69, 9.17) is 16.3 Å². The Hall–Kier alpha value is -1.63. The van der Waals surface area contributed by atoms with Gasteiger partial charge in [-0.05, 0) is 50.0 Å². The van der Waals surface area contributed by atoms with E-state index in [1.807, 2.05) is 73.6 Å². The van der Waals surface area contributed by atoms with Crippen LogP contribution in [-0.4, -0.2) is 42.2 Å². The van der Waals surface area contributed by atoms with Crippen molar-refractivity contribution in [1.82, 2.24) is 9.88 Å². The number of nitrogens with zero attached hydrogens (tertiary/aromatic N) is 1. The predicted molar refractivity (Wildman–Crippen MR) is 116 cm³/mol. The van der Waals surface area contributed by atoms with Crippen LogP contribution in [-0.2, 0) is 4.74 Å². The molecular weight excluding hydrogens is 428 g/mol. The van der Waals surface area contributed by atoms with Gasteiger partial charge in [-0.3, -0.25) is 0 Å². The third kappa shape index (κ3) is 5.21. The topological polar surface area (TPSA) is 48.5 Å². The highest BCUT2D eigenvalue weighted by Crippen LogP contribution is 2.32. The number of nitrogens with one attached hydrogen (secondary N) is 1. The Morgan fingerprint density at radius 2 is 1.93 bits per heavy atom. The number of aliphatic hydroxyl groups excluding tert-OH is 1. The molecule has 1 aromatic heterocycles. The van der Waals surface area contributed by atoms with Crippen LogP contribution in [0.15, 0.2) is 46.9 Å². The summed E-state index contributed by atoms with van der Waals surface area (Å²) >= 11 is 9.44. The Morgan fingerprint density at radius 1 is 1.19 bits per heavy atom. The van der Waals surface area contributed by atoms with Gasteiger partial charge in [0.25, 0.3) is 0 Å². The monoisotopic (exact) mass is 448 g/mol. The van der Waals surface area contributed by atoms with E-state index in [1.54, 1.807) is 0 Å². The van der Waals surface area contributed by atoms with Crippen molar-refractivity contribution in [3.8, 4) is 0 Å². The zero-order chi connectivity index (χ0) is 19.4. The molecule has 6 heteroatoms. The first-order chi connectivity index (χ1) is 12.9. The summed E-state index contributed by atoms with van der Waals surface area (Å²) in [5.74, 6) is 0. The molecule has 0 saturated heterocycles. The first kappa shape index (κ1) is 20.1. The van der Waals surface area contributed by atoms with E-state index >= 15 is 0 Å². The lowest BCUT2D eigenvalue weighted by atomic mass is 10.1. The molecule has 2 N–H and O–H groups in total. The first-order valence-corrected chi connectivity index (χ1v) is 9.80. The highest BCUT2D eigenvalue weighted by Gasteiger charge is 2.18. The number of fused-ring (bicyclic) bond motifs is 1. The van der Waals surface area contributed by atoms with E-state index in [0.29, 0.717) is 11.6 Å². The number of likely N-dealkylation sites (N-methyl/N-ethyl adjacent to an activating group) is 1. The van der Waals surface area contributed by atoms with Crippen LogP contribution in [0.5, 0.6) is 0 Å². The summed E-state index contributed by atoms with van der Waals surface area (Å²) in [5.41, 5.74) is 3.51. The Morgan fingerprint density at radius 3 is 2.63 bits per heavy atom. The van der Waals surface area contributed by atoms with E-state index in [2.05, 4.69) is 20.9 Å². The van der Waals surface area contributed by atoms with Gasteiger partial charge in [0.1, 0.15) is 0 Å². The van der Waals surface area contributed by atoms with Gasteiger partial charge < -0.3 is 19.7 Å². The third-order valence-corrected chi connectivity index (χ3v) is 4.95. The van der Waals surface area contributed by atoms with Gasteiger partial charge in [-0.15, -0.1) is 0 Å². The van der Waals surface area contributed by atoms with Gasteiger partial charge in [0.05, 0.1) is 6.61 Å². The average Bonchev–Trinajstić information content (AvgIpc) is 2.98. The van der Waals surface area contributed by atoms with Crippen molar-refractivity contribution in [3.05, 3.63) is 68.8 Å². The number of aromatic amines is 1. The van der Waals surface area contributed by atoms with Crippen LogP contribution >= 0.6 is 27.5 Å². The Balaban J connectivity index is 1.93. The molecule has 0 bridgehead atoms. The molecule has 27 heavy (non-hydrogen) atoms. The summed E-state index contributed by atoms with van der Waals surface area (Å²) in [7, 11) is 3.94. The third-order valence-electron chi connectivity index (χ3n) is 4.20. The fourth-order valence-electron chi connectivity index (χ4n) is 2.79. The maximum atomic E-state index is 10.7. The molecule has 0 radical (unpaired) electrons. The molecule has 0 aliphatic carbocycles. The molecule has 3 aromatic rings. The maximum absolute atomic E-state index is 10.7.